The van der Waals surface area contributed by atoms with Crippen LogP contribution < -0.4 is 4.74 Å². The zero-order valence-corrected chi connectivity index (χ0v) is 10.3. The van der Waals surface area contributed by atoms with Crippen LogP contribution in [0.3, 0.4) is 0 Å². The Morgan fingerprint density at radius 3 is 2.88 bits per heavy atom. The minimum atomic E-state index is -0.443. The molecule has 2 rings (SSSR count). The molecule has 1 fully saturated rings. The summed E-state index contributed by atoms with van der Waals surface area (Å²) in [5.74, 6) is 1.44. The first-order valence-electron chi connectivity index (χ1n) is 6.24. The van der Waals surface area contributed by atoms with Gasteiger partial charge in [-0.3, -0.25) is 0 Å². The summed E-state index contributed by atoms with van der Waals surface area (Å²) < 4.78 is 11.1. The smallest absolute Gasteiger partial charge is 0.119 e. The molecule has 0 spiro atoms. The van der Waals surface area contributed by atoms with Crippen molar-refractivity contribution >= 4 is 0 Å². The standard InChI is InChI=1S/C14H20O3/c1-11(15)13-3-2-4-14(9-13)17-10-12-5-7-16-8-6-12/h2-4,9,11-12,15H,5-8,10H2,1H3/t11-/m0/s1. The Kier molecular flexibility index (Phi) is 4.40. The van der Waals surface area contributed by atoms with Crippen molar-refractivity contribution in [3.63, 3.8) is 0 Å². The molecular formula is C14H20O3. The van der Waals surface area contributed by atoms with Crippen LogP contribution in [0.15, 0.2) is 24.3 Å². The Morgan fingerprint density at radius 1 is 1.41 bits per heavy atom. The lowest BCUT2D eigenvalue weighted by Crippen LogP contribution is -2.21. The van der Waals surface area contributed by atoms with E-state index in [9.17, 15) is 5.11 Å². The third-order valence-electron chi connectivity index (χ3n) is 3.17. The molecule has 0 aromatic heterocycles. The van der Waals surface area contributed by atoms with E-state index in [0.29, 0.717) is 5.92 Å². The van der Waals surface area contributed by atoms with Crippen molar-refractivity contribution in [2.45, 2.75) is 25.9 Å². The average molecular weight is 236 g/mol. The summed E-state index contributed by atoms with van der Waals surface area (Å²) in [5.41, 5.74) is 0.898. The van der Waals surface area contributed by atoms with Crippen molar-refractivity contribution in [3.05, 3.63) is 29.8 Å². The van der Waals surface area contributed by atoms with E-state index in [4.69, 9.17) is 9.47 Å². The number of aliphatic hydroxyl groups excluding tert-OH is 1. The molecule has 94 valence electrons. The van der Waals surface area contributed by atoms with Crippen LogP contribution in [0.1, 0.15) is 31.4 Å². The minimum Gasteiger partial charge on any atom is -0.493 e. The fraction of sp³-hybridized carbons (Fsp3) is 0.571. The van der Waals surface area contributed by atoms with Gasteiger partial charge >= 0.3 is 0 Å². The van der Waals surface area contributed by atoms with Crippen molar-refractivity contribution in [2.24, 2.45) is 5.92 Å². The summed E-state index contributed by atoms with van der Waals surface area (Å²) in [6, 6.07) is 7.67. The average Bonchev–Trinajstić information content (AvgIpc) is 2.38. The fourth-order valence-electron chi connectivity index (χ4n) is 1.99. The number of rotatable bonds is 4. The van der Waals surface area contributed by atoms with Crippen LogP contribution in [0.25, 0.3) is 0 Å². The number of aliphatic hydroxyl groups is 1. The molecule has 0 amide bonds. The second kappa shape index (κ2) is 6.03. The van der Waals surface area contributed by atoms with Gasteiger partial charge in [-0.2, -0.15) is 0 Å². The molecule has 17 heavy (non-hydrogen) atoms. The van der Waals surface area contributed by atoms with Gasteiger partial charge in [0.05, 0.1) is 12.7 Å². The molecular weight excluding hydrogens is 216 g/mol. The second-order valence-corrected chi connectivity index (χ2v) is 4.62. The molecule has 1 heterocycles. The lowest BCUT2D eigenvalue weighted by molar-refractivity contribution is 0.0497. The van der Waals surface area contributed by atoms with Crippen LogP contribution in [-0.4, -0.2) is 24.9 Å². The Balaban J connectivity index is 1.87. The predicted molar refractivity (Wildman–Crippen MR) is 66.1 cm³/mol. The highest BCUT2D eigenvalue weighted by Crippen LogP contribution is 2.21. The summed E-state index contributed by atoms with van der Waals surface area (Å²) in [5, 5.41) is 9.49. The number of benzene rings is 1. The maximum atomic E-state index is 9.49. The largest absolute Gasteiger partial charge is 0.493 e. The number of hydrogen-bond donors (Lipinski definition) is 1. The van der Waals surface area contributed by atoms with Crippen LogP contribution in [0.2, 0.25) is 0 Å². The lowest BCUT2D eigenvalue weighted by atomic mass is 10.0. The number of ether oxygens (including phenoxy) is 2. The molecule has 1 aromatic carbocycles. The first kappa shape index (κ1) is 12.4. The summed E-state index contributed by atoms with van der Waals surface area (Å²) in [4.78, 5) is 0. The normalized spacial score (nSPS) is 18.9. The predicted octanol–water partition coefficient (Wildman–Crippen LogP) is 2.55. The van der Waals surface area contributed by atoms with E-state index >= 15 is 0 Å². The third-order valence-corrected chi connectivity index (χ3v) is 3.17. The van der Waals surface area contributed by atoms with E-state index in [2.05, 4.69) is 0 Å². The first-order chi connectivity index (χ1) is 8.25. The van der Waals surface area contributed by atoms with Crippen LogP contribution in [0.4, 0.5) is 0 Å². The molecule has 0 unspecified atom stereocenters. The van der Waals surface area contributed by atoms with Crippen LogP contribution in [-0.2, 0) is 4.74 Å². The lowest BCUT2D eigenvalue weighted by Gasteiger charge is -2.22. The Hall–Kier alpha value is -1.06. The third kappa shape index (κ3) is 3.72. The van der Waals surface area contributed by atoms with Gasteiger partial charge in [0.2, 0.25) is 0 Å². The van der Waals surface area contributed by atoms with Gasteiger partial charge in [0.1, 0.15) is 5.75 Å². The minimum absolute atomic E-state index is 0.443. The molecule has 0 radical (unpaired) electrons. The van der Waals surface area contributed by atoms with Gasteiger partial charge in [-0.1, -0.05) is 12.1 Å². The molecule has 0 bridgehead atoms. The molecule has 0 aliphatic carbocycles. The molecule has 1 aromatic rings. The van der Waals surface area contributed by atoms with Crippen LogP contribution in [0, 0.1) is 5.92 Å². The van der Waals surface area contributed by atoms with Crippen molar-refractivity contribution in [2.75, 3.05) is 19.8 Å². The molecule has 1 N–H and O–H groups in total. The van der Waals surface area contributed by atoms with Crippen molar-refractivity contribution in [1.82, 2.24) is 0 Å². The van der Waals surface area contributed by atoms with Gasteiger partial charge in [0.15, 0.2) is 0 Å². The molecule has 1 atom stereocenters. The highest BCUT2D eigenvalue weighted by molar-refractivity contribution is 5.29. The molecule has 1 aliphatic heterocycles. The molecule has 3 heteroatoms. The monoisotopic (exact) mass is 236 g/mol. The van der Waals surface area contributed by atoms with Gasteiger partial charge < -0.3 is 14.6 Å². The maximum absolute atomic E-state index is 9.49. The second-order valence-electron chi connectivity index (χ2n) is 4.62. The molecule has 1 aliphatic rings. The van der Waals surface area contributed by atoms with Crippen molar-refractivity contribution in [3.8, 4) is 5.75 Å². The summed E-state index contributed by atoms with van der Waals surface area (Å²) >= 11 is 0. The Labute approximate surface area is 102 Å². The summed E-state index contributed by atoms with van der Waals surface area (Å²) in [7, 11) is 0. The van der Waals surface area contributed by atoms with Crippen LogP contribution in [0.5, 0.6) is 5.75 Å². The SMILES string of the molecule is C[C@H](O)c1cccc(OCC2CCOCC2)c1. The van der Waals surface area contributed by atoms with Crippen molar-refractivity contribution in [1.29, 1.82) is 0 Å². The van der Waals surface area contributed by atoms with Gasteiger partial charge in [-0.15, -0.1) is 0 Å². The van der Waals surface area contributed by atoms with Gasteiger partial charge in [0.25, 0.3) is 0 Å². The van der Waals surface area contributed by atoms with Gasteiger partial charge in [0, 0.05) is 13.2 Å². The first-order valence-corrected chi connectivity index (χ1v) is 6.24. The van der Waals surface area contributed by atoms with E-state index in [1.54, 1.807) is 6.92 Å². The molecule has 1 saturated heterocycles. The van der Waals surface area contributed by atoms with Crippen molar-refractivity contribution < 1.29 is 14.6 Å². The summed E-state index contributed by atoms with van der Waals surface area (Å²) in [6.07, 6.45) is 1.72. The van der Waals surface area contributed by atoms with E-state index < -0.39 is 6.10 Å². The van der Waals surface area contributed by atoms with E-state index in [-0.39, 0.29) is 0 Å². The van der Waals surface area contributed by atoms with E-state index in [0.717, 1.165) is 44.0 Å². The highest BCUT2D eigenvalue weighted by Gasteiger charge is 2.14. The maximum Gasteiger partial charge on any atom is 0.119 e. The van der Waals surface area contributed by atoms with E-state index in [1.807, 2.05) is 24.3 Å². The topological polar surface area (TPSA) is 38.7 Å². The Bertz CT molecular complexity index is 343. The summed E-state index contributed by atoms with van der Waals surface area (Å²) in [6.45, 7) is 4.20. The number of hydrogen-bond acceptors (Lipinski definition) is 3. The quantitative estimate of drug-likeness (QED) is 0.873. The van der Waals surface area contributed by atoms with E-state index in [1.165, 1.54) is 0 Å². The van der Waals surface area contributed by atoms with Crippen LogP contribution >= 0.6 is 0 Å². The Morgan fingerprint density at radius 2 is 2.18 bits per heavy atom. The zero-order valence-electron chi connectivity index (χ0n) is 10.3. The molecule has 0 saturated carbocycles. The zero-order chi connectivity index (χ0) is 12.1. The van der Waals surface area contributed by atoms with Gasteiger partial charge in [-0.05, 0) is 43.4 Å². The molecule has 3 nitrogen and oxygen atoms in total. The highest BCUT2D eigenvalue weighted by atomic mass is 16.5. The van der Waals surface area contributed by atoms with Gasteiger partial charge in [-0.25, -0.2) is 0 Å². The fourth-order valence-corrected chi connectivity index (χ4v) is 1.99.